The number of rotatable bonds is 5. The van der Waals surface area contributed by atoms with Gasteiger partial charge < -0.3 is 11.1 Å². The Bertz CT molecular complexity index is 1160. The summed E-state index contributed by atoms with van der Waals surface area (Å²) in [6, 6.07) is 13.4. The van der Waals surface area contributed by atoms with Gasteiger partial charge in [-0.1, -0.05) is 36.8 Å². The van der Waals surface area contributed by atoms with Crippen molar-refractivity contribution in [2.75, 3.05) is 23.7 Å². The third-order valence-corrected chi connectivity index (χ3v) is 7.49. The van der Waals surface area contributed by atoms with Gasteiger partial charge >= 0.3 is 6.03 Å². The molecular formula is C24H27ClN4O2S. The second kappa shape index (κ2) is 9.48. The number of primary amides is 1. The molecule has 0 spiro atoms. The number of nitrogens with zero attached hydrogens (tertiary/aromatic N) is 1. The second-order valence-electron chi connectivity index (χ2n) is 8.50. The maximum Gasteiger partial charge on any atom is 0.324 e. The first kappa shape index (κ1) is 22.6. The van der Waals surface area contributed by atoms with Gasteiger partial charge in [-0.3, -0.25) is 15.0 Å². The van der Waals surface area contributed by atoms with E-state index in [9.17, 15) is 9.59 Å². The Labute approximate surface area is 197 Å². The van der Waals surface area contributed by atoms with E-state index in [4.69, 9.17) is 5.73 Å². The zero-order valence-electron chi connectivity index (χ0n) is 17.7. The number of nitrogens with two attached hydrogens (primary N) is 1. The molecule has 5 rings (SSSR count). The van der Waals surface area contributed by atoms with Crippen LogP contribution in [0.3, 0.4) is 0 Å². The number of halogens is 1. The molecule has 1 fully saturated rings. The van der Waals surface area contributed by atoms with E-state index in [0.29, 0.717) is 16.3 Å². The number of anilines is 2. The maximum absolute atomic E-state index is 12.7. The van der Waals surface area contributed by atoms with Crippen molar-refractivity contribution in [1.29, 1.82) is 0 Å². The molecule has 0 unspecified atom stereocenters. The molecule has 1 aliphatic carbocycles. The standard InChI is InChI=1S/C24H26N4O2S.ClH/c25-22(29)21-19-10-11-28(13-15-4-3-5-15)14-20(19)31-23(21)27-24(30)26-18-9-8-16-6-1-2-7-17(16)12-18;/h1-2,6-9,12,15H,3-5,10-11,13-14H2,(H2,25,29)(H2,26,27,30);1H. The molecule has 2 heterocycles. The lowest BCUT2D eigenvalue weighted by molar-refractivity contribution is 0.0999. The van der Waals surface area contributed by atoms with E-state index in [1.54, 1.807) is 0 Å². The number of urea groups is 1. The molecule has 0 atom stereocenters. The van der Waals surface area contributed by atoms with E-state index in [2.05, 4.69) is 15.5 Å². The van der Waals surface area contributed by atoms with Gasteiger partial charge in [0.25, 0.3) is 5.91 Å². The predicted molar refractivity (Wildman–Crippen MR) is 133 cm³/mol. The van der Waals surface area contributed by atoms with Crippen LogP contribution < -0.4 is 16.4 Å². The zero-order chi connectivity index (χ0) is 21.4. The Balaban J connectivity index is 0.00000245. The molecule has 0 saturated heterocycles. The predicted octanol–water partition coefficient (Wildman–Crippen LogP) is 5.22. The van der Waals surface area contributed by atoms with E-state index in [0.717, 1.165) is 53.2 Å². The van der Waals surface area contributed by atoms with Crippen molar-refractivity contribution in [3.63, 3.8) is 0 Å². The minimum absolute atomic E-state index is 0. The van der Waals surface area contributed by atoms with Crippen LogP contribution in [0.25, 0.3) is 10.8 Å². The molecule has 2 aliphatic rings. The number of amides is 3. The summed E-state index contributed by atoms with van der Waals surface area (Å²) in [5, 5.41) is 8.45. The van der Waals surface area contributed by atoms with Crippen LogP contribution in [-0.2, 0) is 13.0 Å². The van der Waals surface area contributed by atoms with E-state index < -0.39 is 5.91 Å². The summed E-state index contributed by atoms with van der Waals surface area (Å²) in [5.74, 6) is 0.327. The molecular weight excluding hydrogens is 444 g/mol. The fourth-order valence-corrected chi connectivity index (χ4v) is 5.82. The van der Waals surface area contributed by atoms with Gasteiger partial charge in [-0.15, -0.1) is 23.7 Å². The molecule has 3 amide bonds. The van der Waals surface area contributed by atoms with E-state index in [1.165, 1.54) is 30.6 Å². The number of benzene rings is 2. The molecule has 4 N–H and O–H groups in total. The second-order valence-corrected chi connectivity index (χ2v) is 9.60. The summed E-state index contributed by atoms with van der Waals surface area (Å²) in [6.07, 6.45) is 4.78. The van der Waals surface area contributed by atoms with E-state index in [1.807, 2.05) is 42.5 Å². The number of carbonyl (C=O) groups excluding carboxylic acids is 2. The highest BCUT2D eigenvalue weighted by molar-refractivity contribution is 7.17. The molecule has 1 aromatic heterocycles. The first-order valence-electron chi connectivity index (χ1n) is 10.8. The first-order valence-corrected chi connectivity index (χ1v) is 11.6. The summed E-state index contributed by atoms with van der Waals surface area (Å²) in [5.41, 5.74) is 7.87. The van der Waals surface area contributed by atoms with Crippen LogP contribution in [-0.4, -0.2) is 29.9 Å². The average Bonchev–Trinajstić information content (AvgIpc) is 3.07. The summed E-state index contributed by atoms with van der Waals surface area (Å²) in [7, 11) is 0. The van der Waals surface area contributed by atoms with E-state index in [-0.39, 0.29) is 18.4 Å². The van der Waals surface area contributed by atoms with Crippen molar-refractivity contribution < 1.29 is 9.59 Å². The van der Waals surface area contributed by atoms with Gasteiger partial charge in [-0.05, 0) is 53.6 Å². The van der Waals surface area contributed by atoms with Gasteiger partial charge in [0, 0.05) is 30.2 Å². The summed E-state index contributed by atoms with van der Waals surface area (Å²) in [6.45, 7) is 2.88. The number of hydrogen-bond acceptors (Lipinski definition) is 4. The Kier molecular flexibility index (Phi) is 6.69. The fraction of sp³-hybridized carbons (Fsp3) is 0.333. The summed E-state index contributed by atoms with van der Waals surface area (Å²) >= 11 is 1.47. The molecule has 8 heteroatoms. The molecule has 3 aromatic rings. The summed E-state index contributed by atoms with van der Waals surface area (Å²) in [4.78, 5) is 28.5. The Morgan fingerprint density at radius 1 is 1.09 bits per heavy atom. The van der Waals surface area contributed by atoms with Gasteiger partial charge in [-0.25, -0.2) is 4.79 Å². The minimum Gasteiger partial charge on any atom is -0.365 e. The highest BCUT2D eigenvalue weighted by Gasteiger charge is 2.29. The lowest BCUT2D eigenvalue weighted by Crippen LogP contribution is -2.36. The largest absolute Gasteiger partial charge is 0.365 e. The highest BCUT2D eigenvalue weighted by Crippen LogP contribution is 2.38. The Hall–Kier alpha value is -2.61. The van der Waals surface area contributed by atoms with Crippen LogP contribution in [0.5, 0.6) is 0 Å². The normalized spacial score (nSPS) is 16.0. The molecule has 168 valence electrons. The number of carbonyl (C=O) groups is 2. The zero-order valence-corrected chi connectivity index (χ0v) is 19.4. The van der Waals surface area contributed by atoms with Crippen LogP contribution >= 0.6 is 23.7 Å². The lowest BCUT2D eigenvalue weighted by atomic mass is 9.85. The SMILES string of the molecule is Cl.NC(=O)c1c(NC(=O)Nc2ccc3ccccc3c2)sc2c1CCN(CC1CCC1)C2. The average molecular weight is 471 g/mol. The van der Waals surface area contributed by atoms with Gasteiger partial charge in [0.1, 0.15) is 5.00 Å². The Morgan fingerprint density at radius 2 is 1.88 bits per heavy atom. The fourth-order valence-electron chi connectivity index (χ4n) is 4.53. The maximum atomic E-state index is 12.7. The van der Waals surface area contributed by atoms with Crippen LogP contribution in [0.2, 0.25) is 0 Å². The van der Waals surface area contributed by atoms with Crippen LogP contribution in [0.15, 0.2) is 42.5 Å². The van der Waals surface area contributed by atoms with Crippen LogP contribution in [0, 0.1) is 5.92 Å². The van der Waals surface area contributed by atoms with Gasteiger partial charge in [0.2, 0.25) is 0 Å². The third-order valence-electron chi connectivity index (χ3n) is 6.36. The van der Waals surface area contributed by atoms with Crippen molar-refractivity contribution in [2.45, 2.75) is 32.2 Å². The van der Waals surface area contributed by atoms with Gasteiger partial charge in [0.15, 0.2) is 0 Å². The third kappa shape index (κ3) is 4.60. The monoisotopic (exact) mass is 470 g/mol. The number of fused-ring (bicyclic) bond motifs is 2. The lowest BCUT2D eigenvalue weighted by Gasteiger charge is -2.34. The molecule has 6 nitrogen and oxygen atoms in total. The number of nitrogens with one attached hydrogen (secondary N) is 2. The van der Waals surface area contributed by atoms with Crippen LogP contribution in [0.4, 0.5) is 15.5 Å². The topological polar surface area (TPSA) is 87.5 Å². The molecule has 1 saturated carbocycles. The minimum atomic E-state index is -0.481. The Morgan fingerprint density at radius 3 is 2.59 bits per heavy atom. The van der Waals surface area contributed by atoms with Crippen molar-refractivity contribution in [2.24, 2.45) is 11.7 Å². The number of hydrogen-bond donors (Lipinski definition) is 3. The van der Waals surface area contributed by atoms with Crippen molar-refractivity contribution in [1.82, 2.24) is 4.90 Å². The van der Waals surface area contributed by atoms with Crippen LogP contribution in [0.1, 0.15) is 40.1 Å². The molecule has 0 bridgehead atoms. The highest BCUT2D eigenvalue weighted by atomic mass is 35.5. The molecule has 32 heavy (non-hydrogen) atoms. The van der Waals surface area contributed by atoms with Crippen molar-refractivity contribution in [3.05, 3.63) is 58.5 Å². The molecule has 1 aliphatic heterocycles. The quantitative estimate of drug-likeness (QED) is 0.477. The van der Waals surface area contributed by atoms with Gasteiger partial charge in [0.05, 0.1) is 5.56 Å². The number of thiophene rings is 1. The molecule has 0 radical (unpaired) electrons. The first-order chi connectivity index (χ1) is 15.1. The summed E-state index contributed by atoms with van der Waals surface area (Å²) < 4.78 is 0. The van der Waals surface area contributed by atoms with Gasteiger partial charge in [-0.2, -0.15) is 0 Å². The smallest absolute Gasteiger partial charge is 0.324 e. The van der Waals surface area contributed by atoms with E-state index >= 15 is 0 Å². The molecule has 2 aromatic carbocycles. The van der Waals surface area contributed by atoms with Crippen molar-refractivity contribution in [3.8, 4) is 0 Å². The van der Waals surface area contributed by atoms with Crippen molar-refractivity contribution >= 4 is 57.1 Å².